The number of Topliss-reactive ketones (excluding diaryl/α,β-unsaturated/α-hetero) is 2. The third-order valence-electron chi connectivity index (χ3n) is 6.03. The van der Waals surface area contributed by atoms with Crippen molar-refractivity contribution in [1.29, 1.82) is 0 Å². The quantitative estimate of drug-likeness (QED) is 0.141. The van der Waals surface area contributed by atoms with E-state index >= 15 is 0 Å². The van der Waals surface area contributed by atoms with E-state index in [1.807, 2.05) is 38.1 Å². The van der Waals surface area contributed by atoms with Gasteiger partial charge in [-0.05, 0) is 36.2 Å². The van der Waals surface area contributed by atoms with Crippen LogP contribution < -0.4 is 4.74 Å². The van der Waals surface area contributed by atoms with Crippen LogP contribution in [0.5, 0.6) is 5.75 Å². The van der Waals surface area contributed by atoms with Crippen LogP contribution >= 0.6 is 31.9 Å². The molecule has 1 aliphatic rings. The molecular formula is C27H22Br2O4. The zero-order valence-corrected chi connectivity index (χ0v) is 21.3. The molecule has 0 N–H and O–H groups in total. The molecule has 4 rings (SSSR count). The Morgan fingerprint density at radius 1 is 0.848 bits per heavy atom. The Labute approximate surface area is 209 Å². The molecule has 0 aromatic heterocycles. The molecule has 4 nitrogen and oxygen atoms in total. The fourth-order valence-corrected chi connectivity index (χ4v) is 5.15. The highest BCUT2D eigenvalue weighted by Gasteiger charge is 2.49. The summed E-state index contributed by atoms with van der Waals surface area (Å²) in [6.45, 7) is 3.89. The number of benzene rings is 3. The van der Waals surface area contributed by atoms with Gasteiger partial charge in [-0.1, -0.05) is 88.2 Å². The van der Waals surface area contributed by atoms with E-state index in [0.29, 0.717) is 22.4 Å². The second-order valence-electron chi connectivity index (χ2n) is 8.48. The average molecular weight is 570 g/mol. The topological polar surface area (TPSA) is 60.4 Å². The predicted octanol–water partition coefficient (Wildman–Crippen LogP) is 6.87. The minimum Gasteiger partial charge on any atom is -0.426 e. The van der Waals surface area contributed by atoms with Gasteiger partial charge in [-0.2, -0.15) is 0 Å². The largest absolute Gasteiger partial charge is 0.426 e. The molecule has 33 heavy (non-hydrogen) atoms. The normalized spacial score (nSPS) is 18.4. The van der Waals surface area contributed by atoms with E-state index in [2.05, 4.69) is 31.9 Å². The first kappa shape index (κ1) is 23.6. The van der Waals surface area contributed by atoms with Crippen LogP contribution in [0.1, 0.15) is 46.0 Å². The number of rotatable bonds is 6. The molecule has 1 aliphatic heterocycles. The van der Waals surface area contributed by atoms with Crippen molar-refractivity contribution < 1.29 is 19.1 Å². The van der Waals surface area contributed by atoms with Crippen molar-refractivity contribution in [3.05, 3.63) is 98.4 Å². The van der Waals surface area contributed by atoms with Gasteiger partial charge in [0.15, 0.2) is 11.6 Å². The van der Waals surface area contributed by atoms with Crippen LogP contribution in [-0.4, -0.2) is 17.5 Å². The zero-order chi connectivity index (χ0) is 23.7. The minimum absolute atomic E-state index is 0.103. The monoisotopic (exact) mass is 568 g/mol. The number of esters is 1. The molecule has 0 radical (unpaired) electrons. The summed E-state index contributed by atoms with van der Waals surface area (Å²) in [4.78, 5) is 40.7. The highest BCUT2D eigenvalue weighted by molar-refractivity contribution is 9.10. The number of hydrogen-bond acceptors (Lipinski definition) is 4. The summed E-state index contributed by atoms with van der Waals surface area (Å²) in [6, 6.07) is 21.2. The van der Waals surface area contributed by atoms with Gasteiger partial charge in [-0.3, -0.25) is 14.4 Å². The lowest BCUT2D eigenvalue weighted by molar-refractivity contribution is -0.139. The molecule has 6 heteroatoms. The van der Waals surface area contributed by atoms with Crippen LogP contribution in [0.15, 0.2) is 81.7 Å². The number of hydrogen-bond donors (Lipinski definition) is 0. The van der Waals surface area contributed by atoms with Crippen molar-refractivity contribution >= 4 is 49.4 Å². The maximum absolute atomic E-state index is 13.8. The fourth-order valence-electron chi connectivity index (χ4n) is 4.51. The van der Waals surface area contributed by atoms with Gasteiger partial charge < -0.3 is 4.74 Å². The number of halogens is 2. The van der Waals surface area contributed by atoms with Crippen LogP contribution in [-0.2, 0) is 4.79 Å². The summed E-state index contributed by atoms with van der Waals surface area (Å²) in [7, 11) is 0. The molecule has 3 aromatic rings. The minimum atomic E-state index is -1.12. The molecule has 0 aliphatic carbocycles. The maximum atomic E-state index is 13.8. The highest BCUT2D eigenvalue weighted by atomic mass is 79.9. The Bertz CT molecular complexity index is 1200. The summed E-state index contributed by atoms with van der Waals surface area (Å²) in [6.07, 6.45) is 0. The smallest absolute Gasteiger partial charge is 0.322 e. The third kappa shape index (κ3) is 4.73. The first-order chi connectivity index (χ1) is 15.8. The van der Waals surface area contributed by atoms with E-state index in [9.17, 15) is 14.4 Å². The number of carbonyl (C=O) groups is 3. The SMILES string of the molecule is CC(C)[C@H](C(=O)c1ccc(Br)cc1)[C@H]1c2cc(Br)ccc2OC(=O)[C@H]1C(=O)c1ccccc1. The summed E-state index contributed by atoms with van der Waals surface area (Å²) in [5, 5.41) is 0. The molecule has 0 fully saturated rings. The Morgan fingerprint density at radius 2 is 1.48 bits per heavy atom. The van der Waals surface area contributed by atoms with Crippen molar-refractivity contribution in [2.75, 3.05) is 0 Å². The molecule has 3 aromatic carbocycles. The Balaban J connectivity index is 1.89. The molecule has 0 amide bonds. The van der Waals surface area contributed by atoms with Gasteiger partial charge in [0.25, 0.3) is 0 Å². The van der Waals surface area contributed by atoms with Crippen molar-refractivity contribution in [3.8, 4) is 5.75 Å². The van der Waals surface area contributed by atoms with E-state index in [1.165, 1.54) is 0 Å². The molecule has 0 unspecified atom stereocenters. The Morgan fingerprint density at radius 3 is 2.12 bits per heavy atom. The standard InChI is InChI=1S/C27H22Br2O4/c1-15(2)22(25(30)17-8-10-18(28)11-9-17)23-20-14-19(29)12-13-21(20)33-27(32)24(23)26(31)16-6-4-3-5-7-16/h3-15,22-24H,1-2H3/t22-,23+,24+/m0/s1. The summed E-state index contributed by atoms with van der Waals surface area (Å²) in [5.41, 5.74) is 1.64. The van der Waals surface area contributed by atoms with E-state index in [-0.39, 0.29) is 17.5 Å². The van der Waals surface area contributed by atoms with E-state index < -0.39 is 23.7 Å². The lowest BCUT2D eigenvalue weighted by Crippen LogP contribution is -2.43. The van der Waals surface area contributed by atoms with Crippen LogP contribution in [0, 0.1) is 17.8 Å². The predicted molar refractivity (Wildman–Crippen MR) is 134 cm³/mol. The average Bonchev–Trinajstić information content (AvgIpc) is 2.80. The third-order valence-corrected chi connectivity index (χ3v) is 7.05. The highest BCUT2D eigenvalue weighted by Crippen LogP contribution is 2.47. The van der Waals surface area contributed by atoms with Gasteiger partial charge in [0.05, 0.1) is 0 Å². The van der Waals surface area contributed by atoms with Crippen LogP contribution in [0.3, 0.4) is 0 Å². The van der Waals surface area contributed by atoms with Crippen molar-refractivity contribution in [1.82, 2.24) is 0 Å². The maximum Gasteiger partial charge on any atom is 0.322 e. The first-order valence-corrected chi connectivity index (χ1v) is 12.3. The second-order valence-corrected chi connectivity index (χ2v) is 10.3. The molecule has 0 spiro atoms. The number of carbonyl (C=O) groups excluding carboxylic acids is 3. The Kier molecular flexibility index (Phi) is 6.96. The molecule has 0 saturated heterocycles. The molecule has 1 heterocycles. The fraction of sp³-hybridized carbons (Fsp3) is 0.222. The van der Waals surface area contributed by atoms with E-state index in [1.54, 1.807) is 48.5 Å². The first-order valence-electron chi connectivity index (χ1n) is 10.7. The molecule has 3 atom stereocenters. The van der Waals surface area contributed by atoms with E-state index in [4.69, 9.17) is 4.74 Å². The lowest BCUT2D eigenvalue weighted by atomic mass is 9.66. The molecule has 0 bridgehead atoms. The lowest BCUT2D eigenvalue weighted by Gasteiger charge is -2.37. The second kappa shape index (κ2) is 9.74. The van der Waals surface area contributed by atoms with Gasteiger partial charge in [-0.15, -0.1) is 0 Å². The summed E-state index contributed by atoms with van der Waals surface area (Å²) < 4.78 is 7.26. The zero-order valence-electron chi connectivity index (χ0n) is 18.1. The molecule has 0 saturated carbocycles. The summed E-state index contributed by atoms with van der Waals surface area (Å²) >= 11 is 6.90. The van der Waals surface area contributed by atoms with Crippen LogP contribution in [0.25, 0.3) is 0 Å². The summed E-state index contributed by atoms with van der Waals surface area (Å²) in [5.74, 6) is -3.21. The van der Waals surface area contributed by atoms with Crippen molar-refractivity contribution in [2.24, 2.45) is 17.8 Å². The number of ketones is 2. The van der Waals surface area contributed by atoms with Gasteiger partial charge in [0, 0.05) is 37.5 Å². The Hall–Kier alpha value is -2.57. The van der Waals surface area contributed by atoms with Crippen LogP contribution in [0.2, 0.25) is 0 Å². The van der Waals surface area contributed by atoms with Gasteiger partial charge in [0.2, 0.25) is 0 Å². The molecule has 168 valence electrons. The van der Waals surface area contributed by atoms with Crippen molar-refractivity contribution in [2.45, 2.75) is 19.8 Å². The van der Waals surface area contributed by atoms with Crippen LogP contribution in [0.4, 0.5) is 0 Å². The van der Waals surface area contributed by atoms with Gasteiger partial charge in [-0.25, -0.2) is 0 Å². The number of fused-ring (bicyclic) bond motifs is 1. The number of ether oxygens (including phenoxy) is 1. The van der Waals surface area contributed by atoms with Gasteiger partial charge in [0.1, 0.15) is 11.7 Å². The van der Waals surface area contributed by atoms with Crippen molar-refractivity contribution in [3.63, 3.8) is 0 Å². The molecular weight excluding hydrogens is 548 g/mol. The van der Waals surface area contributed by atoms with Gasteiger partial charge >= 0.3 is 5.97 Å². The van der Waals surface area contributed by atoms with E-state index in [0.717, 1.165) is 8.95 Å².